The molecular weight excluding hydrogens is 195 g/mol. The number of methoxy groups -OCH3 is 1. The van der Waals surface area contributed by atoms with E-state index in [1.807, 2.05) is 9.47 Å². The zero-order valence-electron chi connectivity index (χ0n) is 7.35. The van der Waals surface area contributed by atoms with Crippen LogP contribution in [0.4, 0.5) is 0 Å². The van der Waals surface area contributed by atoms with E-state index in [0.717, 1.165) is 12.2 Å². The molecule has 0 fully saturated rings. The molecule has 0 aromatic rings. The van der Waals surface area contributed by atoms with Crippen molar-refractivity contribution in [1.29, 1.82) is 0 Å². The molecule has 0 heterocycles. The van der Waals surface area contributed by atoms with E-state index >= 15 is 0 Å². The smallest absolute Gasteiger partial charge is 0.333 e. The molecule has 6 heteroatoms. The van der Waals surface area contributed by atoms with Crippen molar-refractivity contribution in [1.82, 2.24) is 0 Å². The predicted molar refractivity (Wildman–Crippen MR) is 47.5 cm³/mol. The van der Waals surface area contributed by atoms with Crippen LogP contribution in [0, 0.1) is 0 Å². The number of ether oxygens (including phenoxy) is 2. The molecule has 2 unspecified atom stereocenters. The lowest BCUT2D eigenvalue weighted by Gasteiger charge is -2.07. The van der Waals surface area contributed by atoms with Crippen molar-refractivity contribution in [3.8, 4) is 0 Å². The minimum absolute atomic E-state index is 0.614. The van der Waals surface area contributed by atoms with Crippen LogP contribution in [0.25, 0.3) is 0 Å². The highest BCUT2D eigenvalue weighted by atomic mass is 31.0. The molecule has 0 amide bonds. The monoisotopic (exact) mass is 206 g/mol. The van der Waals surface area contributed by atoms with E-state index in [4.69, 9.17) is 0 Å². The SMILES string of the molecule is COC(=O)/C=C/C(=O)OC(C)OP. The normalized spacial score (nSPS) is 12.5. The summed E-state index contributed by atoms with van der Waals surface area (Å²) in [5, 5.41) is 0. The fourth-order valence-corrected chi connectivity index (χ4v) is 0.490. The zero-order chi connectivity index (χ0) is 10.3. The van der Waals surface area contributed by atoms with Gasteiger partial charge < -0.3 is 14.0 Å². The summed E-state index contributed by atoms with van der Waals surface area (Å²) in [5.41, 5.74) is 0. The number of carbonyl (C=O) groups excluding carboxylic acids is 2. The van der Waals surface area contributed by atoms with Crippen LogP contribution in [0.3, 0.4) is 0 Å². The highest BCUT2D eigenvalue weighted by Gasteiger charge is 2.04. The third-order valence-electron chi connectivity index (χ3n) is 1.03. The van der Waals surface area contributed by atoms with Crippen LogP contribution in [0.1, 0.15) is 6.92 Å². The molecule has 0 spiro atoms. The highest BCUT2D eigenvalue weighted by Crippen LogP contribution is 1.99. The lowest BCUT2D eigenvalue weighted by Crippen LogP contribution is -2.12. The molecule has 0 aliphatic rings. The number of esters is 2. The molecule has 0 aliphatic heterocycles. The third-order valence-corrected chi connectivity index (χ3v) is 1.41. The lowest BCUT2D eigenvalue weighted by atomic mass is 10.5. The van der Waals surface area contributed by atoms with Crippen LogP contribution >= 0.6 is 9.47 Å². The van der Waals surface area contributed by atoms with Crippen molar-refractivity contribution in [3.05, 3.63) is 12.2 Å². The van der Waals surface area contributed by atoms with Gasteiger partial charge in [0.25, 0.3) is 0 Å². The van der Waals surface area contributed by atoms with Crippen LogP contribution in [0.5, 0.6) is 0 Å². The molecule has 0 aromatic carbocycles. The topological polar surface area (TPSA) is 61.8 Å². The van der Waals surface area contributed by atoms with E-state index in [1.165, 1.54) is 14.0 Å². The molecule has 0 saturated heterocycles. The maximum atomic E-state index is 10.8. The van der Waals surface area contributed by atoms with Crippen LogP contribution in [0.2, 0.25) is 0 Å². The van der Waals surface area contributed by atoms with Gasteiger partial charge in [-0.2, -0.15) is 0 Å². The summed E-state index contributed by atoms with van der Waals surface area (Å²) in [5.74, 6) is -1.28. The molecule has 0 bridgehead atoms. The highest BCUT2D eigenvalue weighted by molar-refractivity contribution is 7.09. The molecule has 13 heavy (non-hydrogen) atoms. The lowest BCUT2D eigenvalue weighted by molar-refractivity contribution is -0.154. The van der Waals surface area contributed by atoms with E-state index in [9.17, 15) is 9.59 Å². The number of rotatable bonds is 4. The Balaban J connectivity index is 3.87. The first-order valence-electron chi connectivity index (χ1n) is 3.42. The van der Waals surface area contributed by atoms with Gasteiger partial charge in [0.05, 0.1) is 7.11 Å². The van der Waals surface area contributed by atoms with Crippen LogP contribution in [-0.2, 0) is 23.6 Å². The van der Waals surface area contributed by atoms with Gasteiger partial charge in [0, 0.05) is 21.6 Å². The summed E-state index contributed by atoms with van der Waals surface area (Å²) in [6.07, 6.45) is 1.27. The third kappa shape index (κ3) is 6.25. The Morgan fingerprint density at radius 1 is 1.31 bits per heavy atom. The molecule has 0 aliphatic carbocycles. The molecular formula is C7H11O5P. The second-order valence-corrected chi connectivity index (χ2v) is 2.27. The van der Waals surface area contributed by atoms with Gasteiger partial charge in [-0.15, -0.1) is 0 Å². The average Bonchev–Trinajstić information content (AvgIpc) is 2.13. The quantitative estimate of drug-likeness (QED) is 0.288. The minimum atomic E-state index is -0.667. The Morgan fingerprint density at radius 3 is 2.31 bits per heavy atom. The van der Waals surface area contributed by atoms with Gasteiger partial charge in [0.1, 0.15) is 0 Å². The van der Waals surface area contributed by atoms with Crippen molar-refractivity contribution in [2.75, 3.05) is 7.11 Å². The number of hydrogen-bond acceptors (Lipinski definition) is 5. The summed E-state index contributed by atoms with van der Waals surface area (Å²) in [6.45, 7) is 1.54. The Morgan fingerprint density at radius 2 is 1.85 bits per heavy atom. The van der Waals surface area contributed by atoms with Gasteiger partial charge in [-0.3, -0.25) is 0 Å². The van der Waals surface area contributed by atoms with Gasteiger partial charge in [-0.1, -0.05) is 0 Å². The Kier molecular flexibility index (Phi) is 6.10. The second-order valence-electron chi connectivity index (χ2n) is 2.00. The standard InChI is InChI=1S/C7H11O5P/c1-5(12-13)11-7(9)4-3-6(8)10-2/h3-5H,13H2,1-2H3/b4-3+. The average molecular weight is 206 g/mol. The van der Waals surface area contributed by atoms with Crippen LogP contribution < -0.4 is 0 Å². The first kappa shape index (κ1) is 12.1. The van der Waals surface area contributed by atoms with E-state index in [2.05, 4.69) is 14.0 Å². The van der Waals surface area contributed by atoms with Gasteiger partial charge in [0.2, 0.25) is 6.29 Å². The molecule has 74 valence electrons. The molecule has 0 saturated carbocycles. The van der Waals surface area contributed by atoms with Crippen molar-refractivity contribution in [2.45, 2.75) is 13.2 Å². The molecule has 2 atom stereocenters. The number of carbonyl (C=O) groups is 2. The van der Waals surface area contributed by atoms with E-state index in [1.54, 1.807) is 0 Å². The maximum Gasteiger partial charge on any atom is 0.333 e. The molecule has 0 N–H and O–H groups in total. The van der Waals surface area contributed by atoms with Gasteiger partial charge in [-0.05, 0) is 6.92 Å². The maximum absolute atomic E-state index is 10.8. The summed E-state index contributed by atoms with van der Waals surface area (Å²) in [6, 6.07) is 0. The summed E-state index contributed by atoms with van der Waals surface area (Å²) in [4.78, 5) is 21.3. The van der Waals surface area contributed by atoms with E-state index in [-0.39, 0.29) is 0 Å². The van der Waals surface area contributed by atoms with Gasteiger partial charge >= 0.3 is 11.9 Å². The van der Waals surface area contributed by atoms with Crippen LogP contribution in [0.15, 0.2) is 12.2 Å². The predicted octanol–water partition coefficient (Wildman–Crippen LogP) is 0.411. The summed E-state index contributed by atoms with van der Waals surface area (Å²) < 4.78 is 13.5. The molecule has 0 aromatic heterocycles. The Hall–Kier alpha value is -0.930. The van der Waals surface area contributed by atoms with Crippen LogP contribution in [-0.4, -0.2) is 25.3 Å². The van der Waals surface area contributed by atoms with E-state index < -0.39 is 18.2 Å². The first-order chi connectivity index (χ1) is 6.10. The first-order valence-corrected chi connectivity index (χ1v) is 3.89. The Bertz CT molecular complexity index is 213. The van der Waals surface area contributed by atoms with Gasteiger partial charge in [-0.25, -0.2) is 9.59 Å². The molecule has 5 nitrogen and oxygen atoms in total. The second kappa shape index (κ2) is 6.57. The minimum Gasteiger partial charge on any atom is -0.466 e. The fourth-order valence-electron chi connectivity index (χ4n) is 0.435. The van der Waals surface area contributed by atoms with Crippen molar-refractivity contribution in [2.24, 2.45) is 0 Å². The molecule has 0 rings (SSSR count). The van der Waals surface area contributed by atoms with Crippen molar-refractivity contribution < 1.29 is 23.6 Å². The zero-order valence-corrected chi connectivity index (χ0v) is 8.51. The summed E-state index contributed by atoms with van der Waals surface area (Å²) in [7, 11) is 3.17. The van der Waals surface area contributed by atoms with Gasteiger partial charge in [0.15, 0.2) is 0 Å². The van der Waals surface area contributed by atoms with Crippen molar-refractivity contribution in [3.63, 3.8) is 0 Å². The van der Waals surface area contributed by atoms with Crippen molar-refractivity contribution >= 4 is 21.4 Å². The number of hydrogen-bond donors (Lipinski definition) is 0. The Labute approximate surface area is 78.3 Å². The fraction of sp³-hybridized carbons (Fsp3) is 0.429. The van der Waals surface area contributed by atoms with E-state index in [0.29, 0.717) is 0 Å². The summed E-state index contributed by atoms with van der Waals surface area (Å²) >= 11 is 0. The molecule has 0 radical (unpaired) electrons. The largest absolute Gasteiger partial charge is 0.466 e.